The summed E-state index contributed by atoms with van der Waals surface area (Å²) in [6.07, 6.45) is 0. The Balaban J connectivity index is 1.75. The number of carbonyl (C=O) groups excluding carboxylic acids is 1. The molecule has 0 aliphatic heterocycles. The highest BCUT2D eigenvalue weighted by atomic mass is 32.2. The highest BCUT2D eigenvalue weighted by Crippen LogP contribution is 2.28. The Hall–Kier alpha value is -2.47. The maximum absolute atomic E-state index is 13.1. The number of hydrogen-bond acceptors (Lipinski definition) is 4. The second-order valence-corrected chi connectivity index (χ2v) is 9.13. The third-order valence-corrected chi connectivity index (χ3v) is 5.76. The van der Waals surface area contributed by atoms with Crippen molar-refractivity contribution in [2.24, 2.45) is 7.05 Å². The minimum Gasteiger partial charge on any atom is -0.305 e. The first kappa shape index (κ1) is 20.3. The smallest absolute Gasteiger partial charge is 0.191 e. The molecule has 0 saturated heterocycles. The van der Waals surface area contributed by atoms with Gasteiger partial charge in [0.05, 0.1) is 5.25 Å². The number of aromatic nitrogens is 3. The van der Waals surface area contributed by atoms with Crippen molar-refractivity contribution in [3.63, 3.8) is 0 Å². The van der Waals surface area contributed by atoms with Crippen molar-refractivity contribution in [3.05, 3.63) is 65.5 Å². The number of thioether (sulfide) groups is 1. The standard InChI is InChI=1S/C22H24FN3OS/c1-14(19(27)15-6-10-17(11-7-15)22(2,3)4)28-21-25-24-20(26(21)5)16-8-12-18(23)13-9-16/h6-14H,1-5H3/t14-/m0/s1. The number of Topliss-reactive ketones (excluding diaryl/α,β-unsaturated/α-hetero) is 1. The van der Waals surface area contributed by atoms with Gasteiger partial charge in [-0.05, 0) is 42.2 Å². The largest absolute Gasteiger partial charge is 0.305 e. The fourth-order valence-electron chi connectivity index (χ4n) is 2.85. The number of benzene rings is 2. The van der Waals surface area contributed by atoms with Gasteiger partial charge in [-0.2, -0.15) is 0 Å². The average Bonchev–Trinajstić information content (AvgIpc) is 3.01. The maximum atomic E-state index is 13.1. The van der Waals surface area contributed by atoms with Crippen LogP contribution in [0.4, 0.5) is 4.39 Å². The summed E-state index contributed by atoms with van der Waals surface area (Å²) in [7, 11) is 1.84. The SMILES string of the molecule is C[C@H](Sc1nnc(-c2ccc(F)cc2)n1C)C(=O)c1ccc(C(C)(C)C)cc1. The van der Waals surface area contributed by atoms with Crippen LogP contribution in [-0.2, 0) is 12.5 Å². The van der Waals surface area contributed by atoms with Gasteiger partial charge in [0, 0.05) is 18.2 Å². The molecule has 2 aromatic carbocycles. The summed E-state index contributed by atoms with van der Waals surface area (Å²) in [5.41, 5.74) is 2.72. The summed E-state index contributed by atoms with van der Waals surface area (Å²) in [5.74, 6) is 0.394. The van der Waals surface area contributed by atoms with Gasteiger partial charge in [0.25, 0.3) is 0 Å². The van der Waals surface area contributed by atoms with Crippen LogP contribution in [0, 0.1) is 5.82 Å². The molecule has 0 N–H and O–H groups in total. The maximum Gasteiger partial charge on any atom is 0.191 e. The second kappa shape index (κ2) is 7.87. The second-order valence-electron chi connectivity index (χ2n) is 7.82. The molecule has 3 rings (SSSR count). The molecule has 4 nitrogen and oxygen atoms in total. The third kappa shape index (κ3) is 4.33. The fraction of sp³-hybridized carbons (Fsp3) is 0.318. The first-order valence-corrected chi connectivity index (χ1v) is 10.0. The van der Waals surface area contributed by atoms with Crippen molar-refractivity contribution < 1.29 is 9.18 Å². The fourth-order valence-corrected chi connectivity index (χ4v) is 3.74. The van der Waals surface area contributed by atoms with Crippen molar-refractivity contribution in [1.29, 1.82) is 0 Å². The number of hydrogen-bond donors (Lipinski definition) is 0. The van der Waals surface area contributed by atoms with Crippen LogP contribution in [0.15, 0.2) is 53.7 Å². The van der Waals surface area contributed by atoms with E-state index in [0.717, 1.165) is 5.56 Å². The Kier molecular flexibility index (Phi) is 5.70. The van der Waals surface area contributed by atoms with Gasteiger partial charge in [0.15, 0.2) is 16.8 Å². The molecular weight excluding hydrogens is 373 g/mol. The van der Waals surface area contributed by atoms with E-state index in [9.17, 15) is 9.18 Å². The average molecular weight is 398 g/mol. The predicted octanol–water partition coefficient (Wildman–Crippen LogP) is 5.28. The first-order valence-electron chi connectivity index (χ1n) is 9.13. The number of carbonyl (C=O) groups is 1. The van der Waals surface area contributed by atoms with Crippen LogP contribution in [0.3, 0.4) is 0 Å². The van der Waals surface area contributed by atoms with Crippen LogP contribution in [0.5, 0.6) is 0 Å². The van der Waals surface area contributed by atoms with Gasteiger partial charge in [-0.1, -0.05) is 56.8 Å². The molecule has 6 heteroatoms. The van der Waals surface area contributed by atoms with Gasteiger partial charge >= 0.3 is 0 Å². The zero-order chi connectivity index (χ0) is 20.5. The van der Waals surface area contributed by atoms with Gasteiger partial charge in [-0.25, -0.2) is 4.39 Å². The van der Waals surface area contributed by atoms with E-state index in [2.05, 4.69) is 31.0 Å². The molecule has 0 spiro atoms. The highest BCUT2D eigenvalue weighted by molar-refractivity contribution is 8.00. The quantitative estimate of drug-likeness (QED) is 0.434. The molecule has 1 aromatic heterocycles. The number of rotatable bonds is 5. The molecule has 1 atom stereocenters. The lowest BCUT2D eigenvalue weighted by molar-refractivity contribution is 0.0994. The van der Waals surface area contributed by atoms with Crippen LogP contribution >= 0.6 is 11.8 Å². The summed E-state index contributed by atoms with van der Waals surface area (Å²) < 4.78 is 15.0. The minimum atomic E-state index is -0.301. The van der Waals surface area contributed by atoms with E-state index in [-0.39, 0.29) is 22.3 Å². The molecule has 0 saturated carbocycles. The van der Waals surface area contributed by atoms with E-state index in [4.69, 9.17) is 0 Å². The normalized spacial score (nSPS) is 12.8. The predicted molar refractivity (Wildman–Crippen MR) is 111 cm³/mol. The zero-order valence-electron chi connectivity index (χ0n) is 16.7. The van der Waals surface area contributed by atoms with Crippen LogP contribution in [0.25, 0.3) is 11.4 Å². The lowest BCUT2D eigenvalue weighted by Crippen LogP contribution is -2.16. The van der Waals surface area contributed by atoms with Gasteiger partial charge in [-0.3, -0.25) is 4.79 Å². The molecule has 28 heavy (non-hydrogen) atoms. The van der Waals surface area contributed by atoms with E-state index in [1.807, 2.05) is 42.8 Å². The Morgan fingerprint density at radius 2 is 1.64 bits per heavy atom. The van der Waals surface area contributed by atoms with Crippen molar-refractivity contribution >= 4 is 17.5 Å². The van der Waals surface area contributed by atoms with Gasteiger partial charge in [0.1, 0.15) is 5.82 Å². The van der Waals surface area contributed by atoms with Gasteiger partial charge in [0.2, 0.25) is 0 Å². The Morgan fingerprint density at radius 1 is 1.04 bits per heavy atom. The van der Waals surface area contributed by atoms with Crippen molar-refractivity contribution in [2.75, 3.05) is 0 Å². The Morgan fingerprint density at radius 3 is 2.21 bits per heavy atom. The van der Waals surface area contributed by atoms with E-state index in [0.29, 0.717) is 16.5 Å². The highest BCUT2D eigenvalue weighted by Gasteiger charge is 2.21. The lowest BCUT2D eigenvalue weighted by atomic mass is 9.86. The van der Waals surface area contributed by atoms with Gasteiger partial charge < -0.3 is 4.57 Å². The van der Waals surface area contributed by atoms with Crippen molar-refractivity contribution in [1.82, 2.24) is 14.8 Å². The number of ketones is 1. The zero-order valence-corrected chi connectivity index (χ0v) is 17.5. The number of halogens is 1. The minimum absolute atomic E-state index is 0.0526. The first-order chi connectivity index (χ1) is 13.2. The summed E-state index contributed by atoms with van der Waals surface area (Å²) >= 11 is 1.37. The number of nitrogens with zero attached hydrogens (tertiary/aromatic N) is 3. The molecule has 0 amide bonds. The molecule has 1 heterocycles. The van der Waals surface area contributed by atoms with Crippen molar-refractivity contribution in [2.45, 2.75) is 43.5 Å². The summed E-state index contributed by atoms with van der Waals surface area (Å²) in [6, 6.07) is 13.9. The van der Waals surface area contributed by atoms with E-state index in [1.54, 1.807) is 12.1 Å². The Bertz CT molecular complexity index is 973. The van der Waals surface area contributed by atoms with Crippen molar-refractivity contribution in [3.8, 4) is 11.4 Å². The van der Waals surface area contributed by atoms with Gasteiger partial charge in [-0.15, -0.1) is 10.2 Å². The molecule has 146 valence electrons. The summed E-state index contributed by atoms with van der Waals surface area (Å²) in [5, 5.41) is 8.75. The van der Waals surface area contributed by atoms with E-state index in [1.165, 1.54) is 29.5 Å². The molecule has 0 aliphatic rings. The molecule has 0 radical (unpaired) electrons. The molecule has 3 aromatic rings. The van der Waals surface area contributed by atoms with E-state index < -0.39 is 0 Å². The van der Waals surface area contributed by atoms with Crippen LogP contribution in [0.2, 0.25) is 0 Å². The molecular formula is C22H24FN3OS. The van der Waals surface area contributed by atoms with Crippen LogP contribution in [0.1, 0.15) is 43.6 Å². The Labute approximate surface area is 169 Å². The molecule has 0 fully saturated rings. The van der Waals surface area contributed by atoms with E-state index >= 15 is 0 Å². The molecule has 0 aliphatic carbocycles. The third-order valence-electron chi connectivity index (χ3n) is 4.62. The molecule has 0 unspecified atom stereocenters. The molecule has 0 bridgehead atoms. The topological polar surface area (TPSA) is 47.8 Å². The lowest BCUT2D eigenvalue weighted by Gasteiger charge is -2.19. The summed E-state index contributed by atoms with van der Waals surface area (Å²) in [6.45, 7) is 8.32. The van der Waals surface area contributed by atoms with Crippen LogP contribution in [-0.4, -0.2) is 25.8 Å². The van der Waals surface area contributed by atoms with Crippen LogP contribution < -0.4 is 0 Å². The summed E-state index contributed by atoms with van der Waals surface area (Å²) in [4.78, 5) is 12.8. The monoisotopic (exact) mass is 397 g/mol.